The summed E-state index contributed by atoms with van der Waals surface area (Å²) in [6, 6.07) is 16.9. The number of anilines is 3. The molecule has 3 aromatic carbocycles. The summed E-state index contributed by atoms with van der Waals surface area (Å²) < 4.78 is 64.5. The van der Waals surface area contributed by atoms with Crippen molar-refractivity contribution in [2.75, 3.05) is 10.6 Å². The first-order valence-electron chi connectivity index (χ1n) is 8.62. The van der Waals surface area contributed by atoms with E-state index >= 15 is 0 Å². The summed E-state index contributed by atoms with van der Waals surface area (Å²) in [4.78, 5) is 13.0. The van der Waals surface area contributed by atoms with E-state index in [2.05, 4.69) is 10.6 Å². The van der Waals surface area contributed by atoms with Gasteiger partial charge in [-0.2, -0.15) is 22.0 Å². The topological polar surface area (TPSA) is 41.1 Å². The van der Waals surface area contributed by atoms with Gasteiger partial charge in [-0.25, -0.2) is 0 Å². The second-order valence-corrected chi connectivity index (χ2v) is 7.13. The minimum absolute atomic E-state index is 0.125. The molecule has 0 heterocycles. The van der Waals surface area contributed by atoms with Crippen LogP contribution in [0.25, 0.3) is 0 Å². The second kappa shape index (κ2) is 9.17. The number of alkyl halides is 5. The average molecular weight is 438 g/mol. The van der Waals surface area contributed by atoms with Crippen LogP contribution in [0.2, 0.25) is 0 Å². The van der Waals surface area contributed by atoms with Crippen LogP contribution in [0.4, 0.5) is 39.0 Å². The highest BCUT2D eigenvalue weighted by atomic mass is 32.2. The number of para-hydroxylation sites is 2. The zero-order valence-electron chi connectivity index (χ0n) is 15.2. The molecule has 0 aliphatic carbocycles. The summed E-state index contributed by atoms with van der Waals surface area (Å²) in [5.74, 6) is -3.11. The zero-order chi connectivity index (χ0) is 21.7. The Labute approximate surface area is 173 Å². The van der Waals surface area contributed by atoms with Crippen molar-refractivity contribution in [3.05, 3.63) is 83.9 Å². The summed E-state index contributed by atoms with van der Waals surface area (Å²) in [5.41, 5.74) is -0.354. The fraction of sp³-hybridized carbons (Fsp3) is 0.0952. The number of thioether (sulfide) groups is 1. The fourth-order valence-electron chi connectivity index (χ4n) is 2.69. The van der Waals surface area contributed by atoms with Crippen LogP contribution in [0.3, 0.4) is 0 Å². The van der Waals surface area contributed by atoms with Crippen molar-refractivity contribution >= 4 is 34.7 Å². The Morgan fingerprint density at radius 3 is 2.07 bits per heavy atom. The molecular formula is C21H15F5N2OS. The van der Waals surface area contributed by atoms with E-state index in [0.29, 0.717) is 22.3 Å². The highest BCUT2D eigenvalue weighted by molar-refractivity contribution is 7.99. The van der Waals surface area contributed by atoms with Gasteiger partial charge in [0.1, 0.15) is 0 Å². The minimum atomic E-state index is -4.56. The van der Waals surface area contributed by atoms with E-state index in [4.69, 9.17) is 0 Å². The Balaban J connectivity index is 1.81. The largest absolute Gasteiger partial charge is 0.418 e. The molecule has 0 spiro atoms. The molecule has 0 aliphatic heterocycles. The minimum Gasteiger partial charge on any atom is -0.354 e. The van der Waals surface area contributed by atoms with Crippen molar-refractivity contribution in [3.8, 4) is 0 Å². The molecule has 0 bridgehead atoms. The summed E-state index contributed by atoms with van der Waals surface area (Å²) >= 11 is 0.381. The van der Waals surface area contributed by atoms with E-state index in [0.717, 1.165) is 6.07 Å². The van der Waals surface area contributed by atoms with Crippen molar-refractivity contribution in [3.63, 3.8) is 0 Å². The maximum absolute atomic E-state index is 13.2. The van der Waals surface area contributed by atoms with Gasteiger partial charge in [0.25, 0.3) is 11.7 Å². The molecule has 0 atom stereocenters. The van der Waals surface area contributed by atoms with Crippen LogP contribution in [0.5, 0.6) is 0 Å². The number of nitrogens with one attached hydrogen (secondary N) is 2. The van der Waals surface area contributed by atoms with Crippen LogP contribution in [0, 0.1) is 0 Å². The van der Waals surface area contributed by atoms with Crippen LogP contribution < -0.4 is 10.6 Å². The predicted octanol–water partition coefficient (Wildman–Crippen LogP) is 7.02. The van der Waals surface area contributed by atoms with E-state index in [1.54, 1.807) is 12.1 Å². The lowest BCUT2D eigenvalue weighted by Crippen LogP contribution is -2.15. The Kier molecular flexibility index (Phi) is 6.61. The number of hydrogen-bond acceptors (Lipinski definition) is 3. The summed E-state index contributed by atoms with van der Waals surface area (Å²) in [7, 11) is 0. The highest BCUT2D eigenvalue weighted by Crippen LogP contribution is 2.36. The number of carbonyl (C=O) groups is 1. The Morgan fingerprint density at radius 1 is 0.833 bits per heavy atom. The molecule has 2 N–H and O–H groups in total. The second-order valence-electron chi connectivity index (χ2n) is 6.07. The molecule has 0 saturated carbocycles. The number of hydrogen-bond donors (Lipinski definition) is 2. The third-order valence-electron chi connectivity index (χ3n) is 4.01. The molecule has 30 heavy (non-hydrogen) atoms. The zero-order valence-corrected chi connectivity index (χ0v) is 16.0. The third kappa shape index (κ3) is 5.50. The van der Waals surface area contributed by atoms with Crippen molar-refractivity contribution in [2.45, 2.75) is 16.8 Å². The van der Waals surface area contributed by atoms with Crippen LogP contribution in [0.1, 0.15) is 15.9 Å². The SMILES string of the molecule is O=C(Nc1ccc(SC(F)F)cc1)c1ccccc1Nc1ccccc1C(F)(F)F. The van der Waals surface area contributed by atoms with Gasteiger partial charge in [0.05, 0.1) is 22.5 Å². The summed E-state index contributed by atoms with van der Waals surface area (Å²) in [6.45, 7) is 0. The molecule has 3 nitrogen and oxygen atoms in total. The Morgan fingerprint density at radius 2 is 1.43 bits per heavy atom. The van der Waals surface area contributed by atoms with E-state index in [9.17, 15) is 26.7 Å². The Bertz CT molecular complexity index is 1020. The quantitative estimate of drug-likeness (QED) is 0.321. The molecule has 0 saturated heterocycles. The van der Waals surface area contributed by atoms with Crippen LogP contribution in [0.15, 0.2) is 77.7 Å². The van der Waals surface area contributed by atoms with E-state index < -0.39 is 23.4 Å². The monoisotopic (exact) mass is 438 g/mol. The molecule has 9 heteroatoms. The lowest BCUT2D eigenvalue weighted by Gasteiger charge is -2.16. The number of halogens is 5. The van der Waals surface area contributed by atoms with E-state index in [1.807, 2.05) is 0 Å². The highest BCUT2D eigenvalue weighted by Gasteiger charge is 2.33. The van der Waals surface area contributed by atoms with Gasteiger partial charge in [0.2, 0.25) is 0 Å². The van der Waals surface area contributed by atoms with Crippen molar-refractivity contribution in [1.29, 1.82) is 0 Å². The summed E-state index contributed by atoms with van der Waals surface area (Å²) in [6.07, 6.45) is -4.56. The molecule has 0 aliphatic rings. The standard InChI is InChI=1S/C21H15F5N2OS/c22-20(23)30-14-11-9-13(10-12-14)27-19(29)15-5-1-3-7-17(15)28-18-8-4-2-6-16(18)21(24,25)26/h1-12,20,28H,(H,27,29). The Hall–Kier alpha value is -3.07. The van der Waals surface area contributed by atoms with Crippen molar-refractivity contribution in [2.24, 2.45) is 0 Å². The van der Waals surface area contributed by atoms with Gasteiger partial charge < -0.3 is 10.6 Å². The van der Waals surface area contributed by atoms with Gasteiger partial charge in [-0.1, -0.05) is 36.0 Å². The van der Waals surface area contributed by atoms with Crippen molar-refractivity contribution in [1.82, 2.24) is 0 Å². The molecule has 3 rings (SSSR count). The lowest BCUT2D eigenvalue weighted by molar-refractivity contribution is -0.136. The van der Waals surface area contributed by atoms with Crippen LogP contribution >= 0.6 is 11.8 Å². The molecule has 0 fully saturated rings. The summed E-state index contributed by atoms with van der Waals surface area (Å²) in [5, 5.41) is 5.29. The molecular weight excluding hydrogens is 423 g/mol. The lowest BCUT2D eigenvalue weighted by atomic mass is 10.1. The van der Waals surface area contributed by atoms with Gasteiger partial charge in [-0.15, -0.1) is 0 Å². The first-order valence-corrected chi connectivity index (χ1v) is 9.50. The number of rotatable bonds is 6. The smallest absolute Gasteiger partial charge is 0.354 e. The van der Waals surface area contributed by atoms with Gasteiger partial charge >= 0.3 is 6.18 Å². The molecule has 0 radical (unpaired) electrons. The molecule has 0 unspecified atom stereocenters. The number of benzene rings is 3. The van der Waals surface area contributed by atoms with Crippen LogP contribution in [-0.4, -0.2) is 11.7 Å². The average Bonchev–Trinajstić information content (AvgIpc) is 2.69. The van der Waals surface area contributed by atoms with Crippen LogP contribution in [-0.2, 0) is 6.18 Å². The number of amides is 1. The maximum atomic E-state index is 13.2. The molecule has 0 aromatic heterocycles. The molecule has 1 amide bonds. The first kappa shape index (κ1) is 21.6. The molecule has 3 aromatic rings. The van der Waals surface area contributed by atoms with Gasteiger partial charge in [0.15, 0.2) is 0 Å². The normalized spacial score (nSPS) is 11.4. The van der Waals surface area contributed by atoms with E-state index in [-0.39, 0.29) is 16.9 Å². The first-order chi connectivity index (χ1) is 14.2. The van der Waals surface area contributed by atoms with Gasteiger partial charge in [0, 0.05) is 10.6 Å². The molecule has 156 valence electrons. The maximum Gasteiger partial charge on any atom is 0.418 e. The third-order valence-corrected chi connectivity index (χ3v) is 4.73. The van der Waals surface area contributed by atoms with Gasteiger partial charge in [-0.05, 0) is 48.5 Å². The van der Waals surface area contributed by atoms with Gasteiger partial charge in [-0.3, -0.25) is 4.79 Å². The predicted molar refractivity (Wildman–Crippen MR) is 107 cm³/mol. The fourth-order valence-corrected chi connectivity index (χ4v) is 3.19. The van der Waals surface area contributed by atoms with Crippen molar-refractivity contribution < 1.29 is 26.7 Å². The number of carbonyl (C=O) groups excluding carboxylic acids is 1. The van der Waals surface area contributed by atoms with E-state index in [1.165, 1.54) is 54.6 Å².